The van der Waals surface area contributed by atoms with Gasteiger partial charge in [-0.3, -0.25) is 9.59 Å². The maximum Gasteiger partial charge on any atom is 0.230 e. The molecule has 0 saturated carbocycles. The molecule has 6 heteroatoms. The van der Waals surface area contributed by atoms with Gasteiger partial charge in [-0.15, -0.1) is 11.8 Å². The van der Waals surface area contributed by atoms with Gasteiger partial charge < -0.3 is 10.6 Å². The van der Waals surface area contributed by atoms with Crippen molar-refractivity contribution in [2.45, 2.75) is 17.4 Å². The van der Waals surface area contributed by atoms with Crippen molar-refractivity contribution in [2.75, 3.05) is 12.3 Å². The van der Waals surface area contributed by atoms with Crippen LogP contribution in [-0.4, -0.2) is 30.2 Å². The van der Waals surface area contributed by atoms with Crippen molar-refractivity contribution in [2.24, 2.45) is 0 Å². The van der Waals surface area contributed by atoms with E-state index in [1.165, 1.54) is 23.9 Å². The molecule has 0 radical (unpaired) electrons. The van der Waals surface area contributed by atoms with Crippen LogP contribution in [0.5, 0.6) is 0 Å². The molecule has 0 aromatic heterocycles. The Morgan fingerprint density at radius 3 is 2.78 bits per heavy atom. The van der Waals surface area contributed by atoms with Crippen molar-refractivity contribution in [3.63, 3.8) is 0 Å². The SMILES string of the molecule is O=C1C[C@H](NC(=O)CSc2ccc(F)cc2)CN1. The molecule has 1 aliphatic heterocycles. The van der Waals surface area contributed by atoms with E-state index in [1.54, 1.807) is 12.1 Å². The van der Waals surface area contributed by atoms with E-state index in [1.807, 2.05) is 0 Å². The monoisotopic (exact) mass is 268 g/mol. The van der Waals surface area contributed by atoms with Gasteiger partial charge in [-0.2, -0.15) is 0 Å². The van der Waals surface area contributed by atoms with E-state index < -0.39 is 0 Å². The van der Waals surface area contributed by atoms with Crippen molar-refractivity contribution in [3.8, 4) is 0 Å². The maximum absolute atomic E-state index is 12.7. The molecule has 0 spiro atoms. The molecule has 18 heavy (non-hydrogen) atoms. The summed E-state index contributed by atoms with van der Waals surface area (Å²) in [7, 11) is 0. The third-order valence-electron chi connectivity index (χ3n) is 2.53. The molecular weight excluding hydrogens is 255 g/mol. The summed E-state index contributed by atoms with van der Waals surface area (Å²) >= 11 is 1.34. The number of thioether (sulfide) groups is 1. The zero-order valence-electron chi connectivity index (χ0n) is 9.61. The lowest BCUT2D eigenvalue weighted by molar-refractivity contribution is -0.119. The number of rotatable bonds is 4. The Kier molecular flexibility index (Phi) is 4.19. The topological polar surface area (TPSA) is 58.2 Å². The summed E-state index contributed by atoms with van der Waals surface area (Å²) in [5.74, 6) is -0.187. The first-order valence-corrected chi connectivity index (χ1v) is 6.56. The van der Waals surface area contributed by atoms with Gasteiger partial charge >= 0.3 is 0 Å². The van der Waals surface area contributed by atoms with Crippen LogP contribution in [0.25, 0.3) is 0 Å². The summed E-state index contributed by atoms with van der Waals surface area (Å²) in [5.41, 5.74) is 0. The Bertz CT molecular complexity index is 450. The van der Waals surface area contributed by atoms with E-state index >= 15 is 0 Å². The Morgan fingerprint density at radius 2 is 2.17 bits per heavy atom. The summed E-state index contributed by atoms with van der Waals surface area (Å²) in [4.78, 5) is 23.4. The second-order valence-corrected chi connectivity index (χ2v) is 5.06. The zero-order valence-corrected chi connectivity index (χ0v) is 10.4. The van der Waals surface area contributed by atoms with Crippen LogP contribution in [0, 0.1) is 5.82 Å². The lowest BCUT2D eigenvalue weighted by Crippen LogP contribution is -2.37. The number of carbonyl (C=O) groups is 2. The van der Waals surface area contributed by atoms with Gasteiger partial charge in [0.05, 0.1) is 11.8 Å². The molecule has 1 aromatic rings. The van der Waals surface area contributed by atoms with Crippen LogP contribution in [0.3, 0.4) is 0 Å². The van der Waals surface area contributed by atoms with Gasteiger partial charge in [-0.25, -0.2) is 4.39 Å². The molecule has 2 N–H and O–H groups in total. The zero-order chi connectivity index (χ0) is 13.0. The van der Waals surface area contributed by atoms with Gasteiger partial charge in [0.2, 0.25) is 11.8 Å². The van der Waals surface area contributed by atoms with Crippen molar-refractivity contribution in [1.82, 2.24) is 10.6 Å². The van der Waals surface area contributed by atoms with Crippen LogP contribution >= 0.6 is 11.8 Å². The summed E-state index contributed by atoms with van der Waals surface area (Å²) < 4.78 is 12.7. The molecular formula is C12H13FN2O2S. The molecule has 1 heterocycles. The van der Waals surface area contributed by atoms with E-state index in [0.717, 1.165) is 4.90 Å². The van der Waals surface area contributed by atoms with E-state index in [0.29, 0.717) is 13.0 Å². The van der Waals surface area contributed by atoms with Gasteiger partial charge in [0.1, 0.15) is 5.82 Å². The highest BCUT2D eigenvalue weighted by molar-refractivity contribution is 8.00. The van der Waals surface area contributed by atoms with E-state index in [2.05, 4.69) is 10.6 Å². The first-order valence-electron chi connectivity index (χ1n) is 5.58. The Labute approximate surface area is 108 Å². The normalized spacial score (nSPS) is 18.5. The smallest absolute Gasteiger partial charge is 0.230 e. The fourth-order valence-electron chi connectivity index (χ4n) is 1.66. The van der Waals surface area contributed by atoms with Crippen LogP contribution in [0.4, 0.5) is 4.39 Å². The predicted octanol–water partition coefficient (Wildman–Crippen LogP) is 0.923. The molecule has 1 fully saturated rings. The molecule has 1 saturated heterocycles. The Balaban J connectivity index is 1.74. The number of nitrogens with one attached hydrogen (secondary N) is 2. The summed E-state index contributed by atoms with van der Waals surface area (Å²) in [6.45, 7) is 0.492. The van der Waals surface area contributed by atoms with Crippen LogP contribution < -0.4 is 10.6 Å². The van der Waals surface area contributed by atoms with Crippen LogP contribution in [0.2, 0.25) is 0 Å². The molecule has 1 atom stereocenters. The van der Waals surface area contributed by atoms with Gasteiger partial charge in [-0.05, 0) is 24.3 Å². The minimum atomic E-state index is -0.292. The molecule has 96 valence electrons. The number of halogens is 1. The van der Waals surface area contributed by atoms with Crippen molar-refractivity contribution in [1.29, 1.82) is 0 Å². The summed E-state index contributed by atoms with van der Waals surface area (Å²) in [6, 6.07) is 5.88. The molecule has 0 unspecified atom stereocenters. The molecule has 2 rings (SSSR count). The van der Waals surface area contributed by atoms with Gasteiger partial charge in [-0.1, -0.05) is 0 Å². The highest BCUT2D eigenvalue weighted by Gasteiger charge is 2.22. The fraction of sp³-hybridized carbons (Fsp3) is 0.333. The van der Waals surface area contributed by atoms with Gasteiger partial charge in [0, 0.05) is 17.9 Å². The third kappa shape index (κ3) is 3.73. The first-order chi connectivity index (χ1) is 8.63. The first kappa shape index (κ1) is 12.9. The average Bonchev–Trinajstić information content (AvgIpc) is 2.74. The van der Waals surface area contributed by atoms with E-state index in [9.17, 15) is 14.0 Å². The van der Waals surface area contributed by atoms with Crippen LogP contribution in [0.15, 0.2) is 29.2 Å². The highest BCUT2D eigenvalue weighted by atomic mass is 32.2. The lowest BCUT2D eigenvalue weighted by atomic mass is 10.2. The summed E-state index contributed by atoms with van der Waals surface area (Å²) in [5, 5.41) is 5.43. The second-order valence-electron chi connectivity index (χ2n) is 4.02. The molecule has 0 aliphatic carbocycles. The van der Waals surface area contributed by atoms with Crippen LogP contribution in [0.1, 0.15) is 6.42 Å². The van der Waals surface area contributed by atoms with Crippen LogP contribution in [-0.2, 0) is 9.59 Å². The molecule has 1 aromatic carbocycles. The van der Waals surface area contributed by atoms with Gasteiger partial charge in [0.15, 0.2) is 0 Å². The quantitative estimate of drug-likeness (QED) is 0.798. The molecule has 2 amide bonds. The summed E-state index contributed by atoms with van der Waals surface area (Å²) in [6.07, 6.45) is 0.340. The highest BCUT2D eigenvalue weighted by Crippen LogP contribution is 2.17. The Hall–Kier alpha value is -1.56. The minimum absolute atomic E-state index is 0.0357. The third-order valence-corrected chi connectivity index (χ3v) is 3.54. The number of benzene rings is 1. The number of hydrogen-bond acceptors (Lipinski definition) is 3. The minimum Gasteiger partial charge on any atom is -0.354 e. The van der Waals surface area contributed by atoms with Gasteiger partial charge in [0.25, 0.3) is 0 Å². The molecule has 0 bridgehead atoms. The standard InChI is InChI=1S/C12H13FN2O2S/c13-8-1-3-10(4-2-8)18-7-12(17)15-9-5-11(16)14-6-9/h1-4,9H,5-7H2,(H,14,16)(H,15,17)/t9-/m0/s1. The fourth-order valence-corrected chi connectivity index (χ4v) is 2.37. The molecule has 4 nitrogen and oxygen atoms in total. The van der Waals surface area contributed by atoms with E-state index in [-0.39, 0.29) is 29.4 Å². The number of hydrogen-bond donors (Lipinski definition) is 2. The van der Waals surface area contributed by atoms with Crippen molar-refractivity contribution >= 4 is 23.6 Å². The lowest BCUT2D eigenvalue weighted by Gasteiger charge is -2.09. The molecule has 1 aliphatic rings. The number of carbonyl (C=O) groups excluding carboxylic acids is 2. The predicted molar refractivity (Wildman–Crippen MR) is 66.7 cm³/mol. The average molecular weight is 268 g/mol. The maximum atomic E-state index is 12.7. The Morgan fingerprint density at radius 1 is 1.44 bits per heavy atom. The number of amides is 2. The van der Waals surface area contributed by atoms with Crippen molar-refractivity contribution < 1.29 is 14.0 Å². The van der Waals surface area contributed by atoms with E-state index in [4.69, 9.17) is 0 Å². The van der Waals surface area contributed by atoms with Crippen molar-refractivity contribution in [3.05, 3.63) is 30.1 Å². The second kappa shape index (κ2) is 5.86. The largest absolute Gasteiger partial charge is 0.354 e.